The van der Waals surface area contributed by atoms with Crippen molar-refractivity contribution in [1.82, 2.24) is 15.1 Å². The Morgan fingerprint density at radius 2 is 1.74 bits per heavy atom. The van der Waals surface area contributed by atoms with Crippen LogP contribution < -0.4 is 20.1 Å². The minimum atomic E-state index is -0.267. The first-order valence-corrected chi connectivity index (χ1v) is 11.8. The van der Waals surface area contributed by atoms with E-state index in [-0.39, 0.29) is 17.9 Å². The maximum Gasteiger partial charge on any atom is 0.321 e. The smallest absolute Gasteiger partial charge is 0.321 e. The Morgan fingerprint density at radius 1 is 1.00 bits per heavy atom. The van der Waals surface area contributed by atoms with Gasteiger partial charge in [-0.05, 0) is 44.0 Å². The molecule has 0 aliphatic carbocycles. The van der Waals surface area contributed by atoms with Crippen molar-refractivity contribution in [2.24, 2.45) is 0 Å². The lowest BCUT2D eigenvalue weighted by Gasteiger charge is -2.31. The summed E-state index contributed by atoms with van der Waals surface area (Å²) in [6, 6.07) is 12.7. The van der Waals surface area contributed by atoms with E-state index in [2.05, 4.69) is 20.8 Å². The highest BCUT2D eigenvalue weighted by molar-refractivity contribution is 7.13. The maximum atomic E-state index is 12.8. The van der Waals surface area contributed by atoms with Gasteiger partial charge in [0.1, 0.15) is 16.5 Å². The molecule has 1 aliphatic rings. The van der Waals surface area contributed by atoms with E-state index in [1.165, 1.54) is 11.3 Å². The number of methoxy groups -OCH3 is 2. The van der Waals surface area contributed by atoms with Gasteiger partial charge in [-0.2, -0.15) is 0 Å². The molecule has 0 atom stereocenters. The van der Waals surface area contributed by atoms with Gasteiger partial charge in [0, 0.05) is 30.8 Å². The third kappa shape index (κ3) is 5.45. The molecule has 9 nitrogen and oxygen atoms in total. The predicted octanol–water partition coefficient (Wildman–Crippen LogP) is 4.53. The van der Waals surface area contributed by atoms with E-state index < -0.39 is 0 Å². The summed E-state index contributed by atoms with van der Waals surface area (Å²) in [6.07, 6.45) is 1.49. The highest BCUT2D eigenvalue weighted by atomic mass is 32.1. The summed E-state index contributed by atoms with van der Waals surface area (Å²) in [5.74, 6) is 1.09. The fraction of sp³-hybridized carbons (Fsp3) is 0.333. The standard InChI is InChI=1S/C24H27N5O4S/c1-15-4-6-17(7-5-15)25-21(30)23-28-27-22(34-23)16-10-12-29(13-11-16)24(31)26-19-14-18(32-2)8-9-20(19)33-3/h4-9,14,16H,10-13H2,1-3H3,(H,25,30)(H,26,31). The van der Waals surface area contributed by atoms with Crippen molar-refractivity contribution in [1.29, 1.82) is 0 Å². The Labute approximate surface area is 202 Å². The molecule has 2 aromatic carbocycles. The van der Waals surface area contributed by atoms with Gasteiger partial charge in [-0.3, -0.25) is 4.79 Å². The number of rotatable bonds is 6. The first-order valence-electron chi connectivity index (χ1n) is 11.0. The van der Waals surface area contributed by atoms with E-state index in [0.717, 1.165) is 29.1 Å². The van der Waals surface area contributed by atoms with Crippen molar-refractivity contribution in [3.8, 4) is 11.5 Å². The van der Waals surface area contributed by atoms with Crippen LogP contribution >= 0.6 is 11.3 Å². The average Bonchev–Trinajstić information content (AvgIpc) is 3.36. The molecule has 0 radical (unpaired) electrons. The van der Waals surface area contributed by atoms with Crippen LogP contribution in [-0.4, -0.2) is 54.3 Å². The van der Waals surface area contributed by atoms with Gasteiger partial charge in [-0.15, -0.1) is 10.2 Å². The quantitative estimate of drug-likeness (QED) is 0.536. The highest BCUT2D eigenvalue weighted by Crippen LogP contribution is 2.32. The van der Waals surface area contributed by atoms with Crippen molar-refractivity contribution in [3.63, 3.8) is 0 Å². The number of hydrogen-bond donors (Lipinski definition) is 2. The summed E-state index contributed by atoms with van der Waals surface area (Å²) in [7, 11) is 3.13. The van der Waals surface area contributed by atoms with Crippen LogP contribution in [0.25, 0.3) is 0 Å². The number of hydrogen-bond acceptors (Lipinski definition) is 7. The number of likely N-dealkylation sites (tertiary alicyclic amines) is 1. The van der Waals surface area contributed by atoms with Gasteiger partial charge < -0.3 is 25.0 Å². The number of aromatic nitrogens is 2. The van der Waals surface area contributed by atoms with Gasteiger partial charge in [-0.25, -0.2) is 4.79 Å². The second-order valence-corrected chi connectivity index (χ2v) is 9.03. The number of amides is 3. The van der Waals surface area contributed by atoms with Crippen LogP contribution in [0.1, 0.15) is 39.1 Å². The van der Waals surface area contributed by atoms with Gasteiger partial charge >= 0.3 is 6.03 Å². The van der Waals surface area contributed by atoms with Crippen LogP contribution in [0.2, 0.25) is 0 Å². The van der Waals surface area contributed by atoms with E-state index >= 15 is 0 Å². The highest BCUT2D eigenvalue weighted by Gasteiger charge is 2.27. The first-order chi connectivity index (χ1) is 16.5. The number of carbonyl (C=O) groups excluding carboxylic acids is 2. The molecular formula is C24H27N5O4S. The minimum absolute atomic E-state index is 0.161. The Bertz CT molecular complexity index is 1160. The second kappa shape index (κ2) is 10.5. The van der Waals surface area contributed by atoms with Crippen LogP contribution in [-0.2, 0) is 0 Å². The normalized spacial score (nSPS) is 13.9. The monoisotopic (exact) mass is 481 g/mol. The van der Waals surface area contributed by atoms with Crippen molar-refractivity contribution in [2.75, 3.05) is 37.9 Å². The number of carbonyl (C=O) groups is 2. The summed E-state index contributed by atoms with van der Waals surface area (Å²) in [5.41, 5.74) is 2.40. The zero-order valence-corrected chi connectivity index (χ0v) is 20.1. The predicted molar refractivity (Wildman–Crippen MR) is 131 cm³/mol. The fourth-order valence-corrected chi connectivity index (χ4v) is 4.66. The molecule has 34 heavy (non-hydrogen) atoms. The van der Waals surface area contributed by atoms with Crippen molar-refractivity contribution in [2.45, 2.75) is 25.7 Å². The van der Waals surface area contributed by atoms with Crippen LogP contribution in [0.5, 0.6) is 11.5 Å². The van der Waals surface area contributed by atoms with Crippen LogP contribution in [0, 0.1) is 6.92 Å². The zero-order valence-electron chi connectivity index (χ0n) is 19.3. The number of piperidine rings is 1. The van der Waals surface area contributed by atoms with Gasteiger partial charge in [0.15, 0.2) is 0 Å². The van der Waals surface area contributed by atoms with Crippen molar-refractivity contribution >= 4 is 34.6 Å². The Balaban J connectivity index is 1.32. The lowest BCUT2D eigenvalue weighted by Crippen LogP contribution is -2.40. The van der Waals surface area contributed by atoms with E-state index in [9.17, 15) is 9.59 Å². The first kappa shape index (κ1) is 23.5. The summed E-state index contributed by atoms with van der Waals surface area (Å²) < 4.78 is 10.6. The van der Waals surface area contributed by atoms with Gasteiger partial charge in [-0.1, -0.05) is 29.0 Å². The SMILES string of the molecule is COc1ccc(OC)c(NC(=O)N2CCC(c3nnc(C(=O)Nc4ccc(C)cc4)s3)CC2)c1. The number of nitrogens with one attached hydrogen (secondary N) is 2. The minimum Gasteiger partial charge on any atom is -0.497 e. The third-order valence-corrected chi connectivity index (χ3v) is 6.81. The third-order valence-electron chi connectivity index (χ3n) is 5.72. The number of benzene rings is 2. The lowest BCUT2D eigenvalue weighted by molar-refractivity contribution is 0.102. The molecule has 178 valence electrons. The van der Waals surface area contributed by atoms with E-state index in [4.69, 9.17) is 9.47 Å². The van der Waals surface area contributed by atoms with Gasteiger partial charge in [0.2, 0.25) is 5.01 Å². The molecular weight excluding hydrogens is 454 g/mol. The van der Waals surface area contributed by atoms with Crippen molar-refractivity contribution < 1.29 is 19.1 Å². The molecule has 3 aromatic rings. The van der Waals surface area contributed by atoms with Crippen LogP contribution in [0.3, 0.4) is 0 Å². The number of ether oxygens (including phenoxy) is 2. The fourth-order valence-electron chi connectivity index (χ4n) is 3.75. The Morgan fingerprint density at radius 3 is 2.41 bits per heavy atom. The molecule has 1 saturated heterocycles. The summed E-state index contributed by atoms with van der Waals surface area (Å²) in [6.45, 7) is 3.15. The average molecular weight is 482 g/mol. The summed E-state index contributed by atoms with van der Waals surface area (Å²) in [5, 5.41) is 15.3. The van der Waals surface area contributed by atoms with E-state index in [1.54, 1.807) is 37.3 Å². The number of anilines is 2. The Hall–Kier alpha value is -3.66. The molecule has 0 spiro atoms. The molecule has 2 N–H and O–H groups in total. The molecule has 1 aromatic heterocycles. The molecule has 1 aliphatic heterocycles. The van der Waals surface area contributed by atoms with Crippen LogP contribution in [0.4, 0.5) is 16.2 Å². The Kier molecular flexibility index (Phi) is 7.27. The molecule has 2 heterocycles. The molecule has 0 bridgehead atoms. The molecule has 1 fully saturated rings. The molecule has 0 saturated carbocycles. The lowest BCUT2D eigenvalue weighted by atomic mass is 9.98. The van der Waals surface area contributed by atoms with Crippen molar-refractivity contribution in [3.05, 3.63) is 58.0 Å². The number of aryl methyl sites for hydroxylation is 1. The van der Waals surface area contributed by atoms with Gasteiger partial charge in [0.25, 0.3) is 5.91 Å². The zero-order chi connectivity index (χ0) is 24.1. The number of urea groups is 1. The van der Waals surface area contributed by atoms with E-state index in [0.29, 0.717) is 35.3 Å². The van der Waals surface area contributed by atoms with Gasteiger partial charge in [0.05, 0.1) is 19.9 Å². The van der Waals surface area contributed by atoms with Crippen LogP contribution in [0.15, 0.2) is 42.5 Å². The summed E-state index contributed by atoms with van der Waals surface area (Å²) >= 11 is 1.31. The molecule has 10 heteroatoms. The maximum absolute atomic E-state index is 12.8. The summed E-state index contributed by atoms with van der Waals surface area (Å²) in [4.78, 5) is 27.1. The molecule has 4 rings (SSSR count). The molecule has 3 amide bonds. The second-order valence-electron chi connectivity index (χ2n) is 8.02. The molecule has 0 unspecified atom stereocenters. The van der Waals surface area contributed by atoms with E-state index in [1.807, 2.05) is 31.2 Å². The largest absolute Gasteiger partial charge is 0.497 e. The topological polar surface area (TPSA) is 106 Å². The number of nitrogens with zero attached hydrogens (tertiary/aromatic N) is 3.